The standard InChI is InChI=1S/C22H17N5O2S3/c28-19(10-11-27-20(25-26-22(27)30)17-7-4-12-31-17)24-21-23-16-9-8-15(13-18(16)32-21)29-14-5-2-1-3-6-14/h1-9,12-13H,10-11H2,(H,26,30)(H,23,24,28). The molecule has 0 atom stereocenters. The van der Waals surface area contributed by atoms with Gasteiger partial charge < -0.3 is 10.1 Å². The maximum absolute atomic E-state index is 12.6. The van der Waals surface area contributed by atoms with Gasteiger partial charge in [-0.25, -0.2) is 4.98 Å². The number of ether oxygens (including phenoxy) is 1. The average Bonchev–Trinajstić information content (AvgIpc) is 3.52. The Morgan fingerprint density at radius 3 is 2.81 bits per heavy atom. The number of rotatable bonds is 7. The van der Waals surface area contributed by atoms with Gasteiger partial charge in [-0.1, -0.05) is 35.6 Å². The Labute approximate surface area is 196 Å². The van der Waals surface area contributed by atoms with Crippen LogP contribution in [0, 0.1) is 4.77 Å². The lowest BCUT2D eigenvalue weighted by Gasteiger charge is -2.05. The molecule has 0 unspecified atom stereocenters. The number of aromatic nitrogens is 4. The molecule has 3 heterocycles. The lowest BCUT2D eigenvalue weighted by Crippen LogP contribution is -2.14. The van der Waals surface area contributed by atoms with Gasteiger partial charge in [0.25, 0.3) is 0 Å². The molecule has 3 aromatic heterocycles. The van der Waals surface area contributed by atoms with Crippen LogP contribution in [0.25, 0.3) is 20.9 Å². The van der Waals surface area contributed by atoms with Crippen LogP contribution >= 0.6 is 34.9 Å². The fraction of sp³-hybridized carbons (Fsp3) is 0.0909. The zero-order chi connectivity index (χ0) is 21.9. The molecule has 160 valence electrons. The second kappa shape index (κ2) is 9.03. The van der Waals surface area contributed by atoms with E-state index in [4.69, 9.17) is 17.0 Å². The highest BCUT2D eigenvalue weighted by Crippen LogP contribution is 2.31. The van der Waals surface area contributed by atoms with Crippen LogP contribution < -0.4 is 10.1 Å². The minimum absolute atomic E-state index is 0.134. The largest absolute Gasteiger partial charge is 0.457 e. The Hall–Kier alpha value is -3.34. The normalized spacial score (nSPS) is 11.0. The molecule has 0 aliphatic rings. The summed E-state index contributed by atoms with van der Waals surface area (Å²) in [5.74, 6) is 2.10. The molecular weight excluding hydrogens is 462 g/mol. The molecule has 0 bridgehead atoms. The van der Waals surface area contributed by atoms with Gasteiger partial charge >= 0.3 is 0 Å². The third kappa shape index (κ3) is 4.47. The van der Waals surface area contributed by atoms with Crippen molar-refractivity contribution < 1.29 is 9.53 Å². The molecule has 0 fully saturated rings. The van der Waals surface area contributed by atoms with Crippen LogP contribution in [0.2, 0.25) is 0 Å². The molecule has 0 aliphatic heterocycles. The number of H-pyrrole nitrogens is 1. The van der Waals surface area contributed by atoms with Crippen LogP contribution in [0.3, 0.4) is 0 Å². The van der Waals surface area contributed by atoms with E-state index in [-0.39, 0.29) is 12.3 Å². The minimum Gasteiger partial charge on any atom is -0.457 e. The second-order valence-electron chi connectivity index (χ2n) is 6.84. The smallest absolute Gasteiger partial charge is 0.227 e. The van der Waals surface area contributed by atoms with Crippen molar-refractivity contribution in [2.45, 2.75) is 13.0 Å². The van der Waals surface area contributed by atoms with Gasteiger partial charge in [0, 0.05) is 19.0 Å². The third-order valence-electron chi connectivity index (χ3n) is 4.65. The molecule has 2 aromatic carbocycles. The summed E-state index contributed by atoms with van der Waals surface area (Å²) in [5.41, 5.74) is 0.808. The highest BCUT2D eigenvalue weighted by atomic mass is 32.1. The van der Waals surface area contributed by atoms with Crippen LogP contribution in [0.15, 0.2) is 66.0 Å². The Morgan fingerprint density at radius 2 is 2.00 bits per heavy atom. The van der Waals surface area contributed by atoms with Gasteiger partial charge in [-0.2, -0.15) is 5.10 Å². The van der Waals surface area contributed by atoms with E-state index >= 15 is 0 Å². The van der Waals surface area contributed by atoms with Crippen molar-refractivity contribution in [2.75, 3.05) is 5.32 Å². The van der Waals surface area contributed by atoms with Crippen molar-refractivity contribution in [1.82, 2.24) is 19.7 Å². The van der Waals surface area contributed by atoms with Crippen LogP contribution in [-0.4, -0.2) is 25.7 Å². The number of thiazole rings is 1. The first-order valence-electron chi connectivity index (χ1n) is 9.78. The van der Waals surface area contributed by atoms with Gasteiger partial charge in [0.2, 0.25) is 5.91 Å². The topological polar surface area (TPSA) is 84.8 Å². The van der Waals surface area contributed by atoms with Gasteiger partial charge in [0.15, 0.2) is 15.7 Å². The summed E-state index contributed by atoms with van der Waals surface area (Å²) in [6, 6.07) is 19.2. The van der Waals surface area contributed by atoms with Crippen LogP contribution in [0.1, 0.15) is 6.42 Å². The Kier molecular flexibility index (Phi) is 5.80. The summed E-state index contributed by atoms with van der Waals surface area (Å²) < 4.78 is 9.15. The number of amides is 1. The number of nitrogens with zero attached hydrogens (tertiary/aromatic N) is 3. The molecule has 2 N–H and O–H groups in total. The van der Waals surface area contributed by atoms with E-state index in [2.05, 4.69) is 20.5 Å². The van der Waals surface area contributed by atoms with Crippen LogP contribution in [-0.2, 0) is 11.3 Å². The van der Waals surface area contributed by atoms with E-state index in [9.17, 15) is 4.79 Å². The molecule has 32 heavy (non-hydrogen) atoms. The zero-order valence-electron chi connectivity index (χ0n) is 16.6. The predicted octanol–water partition coefficient (Wildman–Crippen LogP) is 6.10. The zero-order valence-corrected chi connectivity index (χ0v) is 19.1. The molecule has 0 aliphatic carbocycles. The second-order valence-corrected chi connectivity index (χ2v) is 9.21. The van der Waals surface area contributed by atoms with E-state index in [1.807, 2.05) is 70.6 Å². The summed E-state index contributed by atoms with van der Waals surface area (Å²) in [6.45, 7) is 0.425. The summed E-state index contributed by atoms with van der Waals surface area (Å²) in [4.78, 5) is 18.1. The number of aromatic amines is 1. The van der Waals surface area contributed by atoms with Crippen molar-refractivity contribution in [3.8, 4) is 22.2 Å². The number of benzene rings is 2. The third-order valence-corrected chi connectivity index (χ3v) is 6.76. The van der Waals surface area contributed by atoms with Crippen LogP contribution in [0.5, 0.6) is 11.5 Å². The first kappa shape index (κ1) is 20.6. The van der Waals surface area contributed by atoms with Gasteiger partial charge in [0.05, 0.1) is 15.1 Å². The fourth-order valence-corrected chi connectivity index (χ4v) is 5.02. The lowest BCUT2D eigenvalue weighted by molar-refractivity contribution is -0.116. The van der Waals surface area contributed by atoms with E-state index in [0.717, 1.165) is 32.4 Å². The maximum Gasteiger partial charge on any atom is 0.227 e. The van der Waals surface area contributed by atoms with Gasteiger partial charge in [-0.15, -0.1) is 11.3 Å². The van der Waals surface area contributed by atoms with Gasteiger partial charge in [-0.3, -0.25) is 14.5 Å². The van der Waals surface area contributed by atoms with Crippen molar-refractivity contribution in [3.63, 3.8) is 0 Å². The van der Waals surface area contributed by atoms with Crippen molar-refractivity contribution >= 4 is 56.1 Å². The van der Waals surface area contributed by atoms with Crippen molar-refractivity contribution in [2.24, 2.45) is 0 Å². The number of hydrogen-bond donors (Lipinski definition) is 2. The van der Waals surface area contributed by atoms with Gasteiger partial charge in [0.1, 0.15) is 11.5 Å². The van der Waals surface area contributed by atoms with Crippen molar-refractivity contribution in [1.29, 1.82) is 0 Å². The fourth-order valence-electron chi connectivity index (χ4n) is 3.16. The number of nitrogens with one attached hydrogen (secondary N) is 2. The highest BCUT2D eigenvalue weighted by molar-refractivity contribution is 7.71. The molecule has 5 rings (SSSR count). The molecule has 5 aromatic rings. The molecular formula is C22H17N5O2S3. The Bertz CT molecular complexity index is 1420. The summed E-state index contributed by atoms with van der Waals surface area (Å²) >= 11 is 8.31. The first-order valence-corrected chi connectivity index (χ1v) is 11.9. The molecule has 0 saturated carbocycles. The summed E-state index contributed by atoms with van der Waals surface area (Å²) in [7, 11) is 0. The monoisotopic (exact) mass is 479 g/mol. The summed E-state index contributed by atoms with van der Waals surface area (Å²) in [6.07, 6.45) is 0.254. The quantitative estimate of drug-likeness (QED) is 0.276. The minimum atomic E-state index is -0.134. The summed E-state index contributed by atoms with van der Waals surface area (Å²) in [5, 5.41) is 12.5. The number of thiophene rings is 1. The molecule has 0 spiro atoms. The Balaban J connectivity index is 1.25. The van der Waals surface area contributed by atoms with Crippen LogP contribution in [0.4, 0.5) is 5.13 Å². The molecule has 1 amide bonds. The van der Waals surface area contributed by atoms with E-state index in [1.54, 1.807) is 11.3 Å². The lowest BCUT2D eigenvalue weighted by atomic mass is 10.3. The molecule has 7 nitrogen and oxygen atoms in total. The van der Waals surface area contributed by atoms with E-state index in [1.165, 1.54) is 11.3 Å². The van der Waals surface area contributed by atoms with E-state index < -0.39 is 0 Å². The number of hydrogen-bond acceptors (Lipinski definition) is 7. The number of fused-ring (bicyclic) bond motifs is 1. The SMILES string of the molecule is O=C(CCn1c(-c2cccs2)n[nH]c1=S)Nc1nc2ccc(Oc3ccccc3)cc2s1. The molecule has 0 saturated heterocycles. The number of carbonyl (C=O) groups excluding carboxylic acids is 1. The molecule has 0 radical (unpaired) electrons. The first-order chi connectivity index (χ1) is 15.7. The average molecular weight is 480 g/mol. The number of carbonyl (C=O) groups is 1. The Morgan fingerprint density at radius 1 is 1.12 bits per heavy atom. The number of para-hydroxylation sites is 1. The van der Waals surface area contributed by atoms with E-state index in [0.29, 0.717) is 16.4 Å². The van der Waals surface area contributed by atoms with Crippen molar-refractivity contribution in [3.05, 3.63) is 70.8 Å². The maximum atomic E-state index is 12.6. The number of anilines is 1. The highest BCUT2D eigenvalue weighted by Gasteiger charge is 2.13. The predicted molar refractivity (Wildman–Crippen MR) is 130 cm³/mol. The van der Waals surface area contributed by atoms with Gasteiger partial charge in [-0.05, 0) is 47.9 Å². The molecule has 10 heteroatoms.